The number of rotatable bonds is 2. The van der Waals surface area contributed by atoms with E-state index in [-0.39, 0.29) is 11.1 Å². The number of ether oxygens (including phenoxy) is 1. The average molecular weight is 391 g/mol. The van der Waals surface area contributed by atoms with E-state index < -0.39 is 0 Å². The fraction of sp³-hybridized carbons (Fsp3) is 0.538. The first-order chi connectivity index (χ1) is 13.7. The SMILES string of the molecule is Cc1c(C)c2c(c3c1NC(C)(C)C3)CC(C)(CC1CCc3ccccc3NC1)O2. The topological polar surface area (TPSA) is 33.3 Å². The van der Waals surface area contributed by atoms with Gasteiger partial charge in [-0.2, -0.15) is 0 Å². The summed E-state index contributed by atoms with van der Waals surface area (Å²) in [4.78, 5) is 0. The van der Waals surface area contributed by atoms with Gasteiger partial charge < -0.3 is 15.4 Å². The van der Waals surface area contributed by atoms with Gasteiger partial charge in [0, 0.05) is 35.4 Å². The molecule has 0 saturated heterocycles. The molecule has 2 unspecified atom stereocenters. The lowest BCUT2D eigenvalue weighted by Crippen LogP contribution is -2.35. The molecule has 0 saturated carbocycles. The highest BCUT2D eigenvalue weighted by Gasteiger charge is 2.43. The first-order valence-electron chi connectivity index (χ1n) is 11.2. The maximum atomic E-state index is 6.76. The summed E-state index contributed by atoms with van der Waals surface area (Å²) in [6, 6.07) is 8.76. The van der Waals surface area contributed by atoms with Crippen LogP contribution in [0.2, 0.25) is 0 Å². The van der Waals surface area contributed by atoms with E-state index in [4.69, 9.17) is 4.74 Å². The second-order valence-corrected chi connectivity index (χ2v) is 10.5. The lowest BCUT2D eigenvalue weighted by molar-refractivity contribution is 0.0845. The van der Waals surface area contributed by atoms with E-state index >= 15 is 0 Å². The minimum absolute atomic E-state index is 0.107. The van der Waals surface area contributed by atoms with Gasteiger partial charge in [0.1, 0.15) is 11.4 Å². The van der Waals surface area contributed by atoms with Crippen LogP contribution in [0.25, 0.3) is 0 Å². The van der Waals surface area contributed by atoms with Gasteiger partial charge in [-0.15, -0.1) is 0 Å². The highest BCUT2D eigenvalue weighted by Crippen LogP contribution is 2.50. The van der Waals surface area contributed by atoms with Crippen LogP contribution in [0.5, 0.6) is 5.75 Å². The first-order valence-corrected chi connectivity index (χ1v) is 11.2. The normalized spacial score (nSPS) is 26.4. The molecule has 0 spiro atoms. The molecule has 5 rings (SSSR count). The number of fused-ring (bicyclic) bond motifs is 4. The van der Waals surface area contributed by atoms with E-state index in [1.54, 1.807) is 0 Å². The van der Waals surface area contributed by atoms with Crippen LogP contribution in [0.15, 0.2) is 24.3 Å². The Balaban J connectivity index is 1.39. The summed E-state index contributed by atoms with van der Waals surface area (Å²) < 4.78 is 6.76. The van der Waals surface area contributed by atoms with Crippen molar-refractivity contribution in [2.45, 2.75) is 77.9 Å². The Morgan fingerprint density at radius 3 is 2.66 bits per heavy atom. The van der Waals surface area contributed by atoms with Crippen LogP contribution in [0.1, 0.15) is 61.4 Å². The Bertz CT molecular complexity index is 950. The van der Waals surface area contributed by atoms with Crippen LogP contribution < -0.4 is 15.4 Å². The van der Waals surface area contributed by atoms with Gasteiger partial charge in [-0.25, -0.2) is 0 Å². The second kappa shape index (κ2) is 6.42. The minimum atomic E-state index is -0.107. The second-order valence-electron chi connectivity index (χ2n) is 10.5. The largest absolute Gasteiger partial charge is 0.487 e. The predicted molar refractivity (Wildman–Crippen MR) is 121 cm³/mol. The highest BCUT2D eigenvalue weighted by atomic mass is 16.5. The monoisotopic (exact) mass is 390 g/mol. The number of hydrogen-bond acceptors (Lipinski definition) is 3. The van der Waals surface area contributed by atoms with E-state index in [0.717, 1.165) is 32.2 Å². The molecule has 3 aliphatic rings. The van der Waals surface area contributed by atoms with Gasteiger partial charge in [-0.3, -0.25) is 0 Å². The summed E-state index contributed by atoms with van der Waals surface area (Å²) in [6.45, 7) is 12.5. The van der Waals surface area contributed by atoms with Crippen molar-refractivity contribution in [3.05, 3.63) is 52.1 Å². The van der Waals surface area contributed by atoms with Gasteiger partial charge in [0.15, 0.2) is 0 Å². The van der Waals surface area contributed by atoms with Crippen molar-refractivity contribution in [2.75, 3.05) is 17.2 Å². The van der Waals surface area contributed by atoms with Gasteiger partial charge in [0.2, 0.25) is 0 Å². The molecule has 3 nitrogen and oxygen atoms in total. The third-order valence-electron chi connectivity index (χ3n) is 7.34. The number of anilines is 2. The molecule has 154 valence electrons. The van der Waals surface area contributed by atoms with Gasteiger partial charge in [0.05, 0.1) is 0 Å². The van der Waals surface area contributed by atoms with Crippen molar-refractivity contribution in [2.24, 2.45) is 5.92 Å². The molecule has 3 heterocycles. The molecular formula is C26H34N2O. The third kappa shape index (κ3) is 3.19. The molecule has 3 heteroatoms. The van der Waals surface area contributed by atoms with E-state index in [0.29, 0.717) is 5.92 Å². The zero-order valence-electron chi connectivity index (χ0n) is 18.5. The molecule has 2 aromatic rings. The predicted octanol–water partition coefficient (Wildman–Crippen LogP) is 5.81. The van der Waals surface area contributed by atoms with Crippen LogP contribution in [-0.2, 0) is 19.3 Å². The molecule has 2 aromatic carbocycles. The number of aryl methyl sites for hydroxylation is 1. The number of hydrogen-bond donors (Lipinski definition) is 2. The van der Waals surface area contributed by atoms with Crippen molar-refractivity contribution in [1.82, 2.24) is 0 Å². The van der Waals surface area contributed by atoms with Crippen LogP contribution in [0, 0.1) is 19.8 Å². The van der Waals surface area contributed by atoms with Crippen molar-refractivity contribution in [1.29, 1.82) is 0 Å². The molecule has 2 atom stereocenters. The molecule has 0 bridgehead atoms. The lowest BCUT2D eigenvalue weighted by Gasteiger charge is -2.29. The Kier molecular flexibility index (Phi) is 4.17. The van der Waals surface area contributed by atoms with Crippen molar-refractivity contribution in [3.63, 3.8) is 0 Å². The number of benzene rings is 2. The molecule has 0 radical (unpaired) electrons. The summed E-state index contributed by atoms with van der Waals surface area (Å²) in [7, 11) is 0. The van der Waals surface area contributed by atoms with Crippen molar-refractivity contribution in [3.8, 4) is 5.75 Å². The Labute approximate surface area is 175 Å². The molecular weight excluding hydrogens is 356 g/mol. The van der Waals surface area contributed by atoms with Crippen LogP contribution in [-0.4, -0.2) is 17.7 Å². The summed E-state index contributed by atoms with van der Waals surface area (Å²) >= 11 is 0. The number of nitrogens with one attached hydrogen (secondary N) is 2. The van der Waals surface area contributed by atoms with Gasteiger partial charge in [0.25, 0.3) is 0 Å². The first kappa shape index (κ1) is 18.8. The quantitative estimate of drug-likeness (QED) is 0.679. The maximum Gasteiger partial charge on any atom is 0.127 e. The van der Waals surface area contributed by atoms with Gasteiger partial charge in [-0.05, 0) is 94.5 Å². The lowest BCUT2D eigenvalue weighted by atomic mass is 9.83. The Morgan fingerprint density at radius 2 is 1.83 bits per heavy atom. The van der Waals surface area contributed by atoms with Crippen LogP contribution in [0.3, 0.4) is 0 Å². The van der Waals surface area contributed by atoms with Crippen molar-refractivity contribution >= 4 is 11.4 Å². The standard InChI is InChI=1S/C26H34N2O/c1-16-17(2)24-21(20-13-25(3,4)28-23(16)20)14-26(5,29-24)12-18-10-11-19-8-6-7-9-22(19)27-15-18/h6-9,18,27-28H,10-15H2,1-5H3. The maximum absolute atomic E-state index is 6.76. The zero-order chi connectivity index (χ0) is 20.4. The molecule has 0 amide bonds. The van der Waals surface area contributed by atoms with Crippen LogP contribution in [0.4, 0.5) is 11.4 Å². The highest BCUT2D eigenvalue weighted by molar-refractivity contribution is 5.73. The molecule has 29 heavy (non-hydrogen) atoms. The Morgan fingerprint density at radius 1 is 1.03 bits per heavy atom. The third-order valence-corrected chi connectivity index (χ3v) is 7.34. The average Bonchev–Trinajstić information content (AvgIpc) is 3.11. The molecule has 0 aliphatic carbocycles. The fourth-order valence-corrected chi connectivity index (χ4v) is 5.79. The molecule has 0 aromatic heterocycles. The van der Waals surface area contributed by atoms with Crippen molar-refractivity contribution < 1.29 is 4.74 Å². The van der Waals surface area contributed by atoms with E-state index in [1.165, 1.54) is 51.4 Å². The van der Waals surface area contributed by atoms with Gasteiger partial charge >= 0.3 is 0 Å². The van der Waals surface area contributed by atoms with E-state index in [9.17, 15) is 0 Å². The smallest absolute Gasteiger partial charge is 0.127 e. The summed E-state index contributed by atoms with van der Waals surface area (Å²) in [5.41, 5.74) is 9.80. The fourth-order valence-electron chi connectivity index (χ4n) is 5.79. The zero-order valence-corrected chi connectivity index (χ0v) is 18.5. The molecule has 2 N–H and O–H groups in total. The summed E-state index contributed by atoms with van der Waals surface area (Å²) in [6.07, 6.45) is 5.61. The molecule has 3 aliphatic heterocycles. The number of para-hydroxylation sites is 1. The molecule has 0 fully saturated rings. The van der Waals surface area contributed by atoms with E-state index in [2.05, 4.69) is 69.5 Å². The minimum Gasteiger partial charge on any atom is -0.487 e. The van der Waals surface area contributed by atoms with Gasteiger partial charge in [-0.1, -0.05) is 18.2 Å². The van der Waals surface area contributed by atoms with E-state index in [1.807, 2.05) is 0 Å². The Hall–Kier alpha value is -2.16. The summed E-state index contributed by atoms with van der Waals surface area (Å²) in [5, 5.41) is 7.47. The van der Waals surface area contributed by atoms with Crippen LogP contribution >= 0.6 is 0 Å². The summed E-state index contributed by atoms with van der Waals surface area (Å²) in [5.74, 6) is 1.80.